The first-order chi connectivity index (χ1) is 7.83. The molecule has 3 heteroatoms. The van der Waals surface area contributed by atoms with Crippen LogP contribution >= 0.6 is 0 Å². The highest BCUT2D eigenvalue weighted by atomic mass is 16.5. The summed E-state index contributed by atoms with van der Waals surface area (Å²) in [5.74, 6) is 0. The van der Waals surface area contributed by atoms with Crippen LogP contribution in [0.15, 0.2) is 36.5 Å². The fraction of sp³-hybridized carbons (Fsp3) is 0.154. The number of nitrogen functional groups attached to an aromatic ring is 1. The lowest BCUT2D eigenvalue weighted by Gasteiger charge is -2.04. The van der Waals surface area contributed by atoms with Gasteiger partial charge in [-0.05, 0) is 29.3 Å². The summed E-state index contributed by atoms with van der Waals surface area (Å²) in [6, 6.07) is 9.97. The largest absolute Gasteiger partial charge is 0.399 e. The van der Waals surface area contributed by atoms with Crippen molar-refractivity contribution in [3.05, 3.63) is 47.7 Å². The fourth-order valence-electron chi connectivity index (χ4n) is 1.94. The number of aromatic nitrogens is 1. The molecule has 0 atom stereocenters. The van der Waals surface area contributed by atoms with Gasteiger partial charge in [-0.3, -0.25) is 4.98 Å². The van der Waals surface area contributed by atoms with Crippen LogP contribution in [0, 0.1) is 0 Å². The molecule has 80 valence electrons. The van der Waals surface area contributed by atoms with Crippen molar-refractivity contribution in [1.82, 2.24) is 4.98 Å². The zero-order valence-corrected chi connectivity index (χ0v) is 8.81. The van der Waals surface area contributed by atoms with Crippen LogP contribution in [0.3, 0.4) is 0 Å². The van der Waals surface area contributed by atoms with Gasteiger partial charge in [0.25, 0.3) is 0 Å². The van der Waals surface area contributed by atoms with Crippen molar-refractivity contribution in [2.45, 2.75) is 13.2 Å². The average Bonchev–Trinajstić information content (AvgIpc) is 2.75. The van der Waals surface area contributed by atoms with E-state index in [0.29, 0.717) is 6.61 Å². The van der Waals surface area contributed by atoms with Gasteiger partial charge in [-0.25, -0.2) is 0 Å². The Morgan fingerprint density at radius 1 is 1.06 bits per heavy atom. The highest BCUT2D eigenvalue weighted by Gasteiger charge is 2.12. The number of ether oxygens (including phenoxy) is 1. The molecule has 3 nitrogen and oxygen atoms in total. The maximum absolute atomic E-state index is 5.74. The number of anilines is 1. The van der Waals surface area contributed by atoms with Crippen molar-refractivity contribution >= 4 is 5.69 Å². The van der Waals surface area contributed by atoms with Crippen molar-refractivity contribution < 1.29 is 4.74 Å². The van der Waals surface area contributed by atoms with E-state index in [1.807, 2.05) is 6.07 Å². The first-order valence-electron chi connectivity index (χ1n) is 5.24. The monoisotopic (exact) mass is 212 g/mol. The third-order valence-corrected chi connectivity index (χ3v) is 2.80. The molecule has 2 heterocycles. The molecule has 1 aliphatic heterocycles. The minimum Gasteiger partial charge on any atom is -0.399 e. The van der Waals surface area contributed by atoms with Gasteiger partial charge in [-0.15, -0.1) is 0 Å². The Hall–Kier alpha value is -1.87. The van der Waals surface area contributed by atoms with Crippen LogP contribution in [0.5, 0.6) is 0 Å². The zero-order valence-electron chi connectivity index (χ0n) is 8.81. The van der Waals surface area contributed by atoms with E-state index in [1.54, 1.807) is 12.3 Å². The number of pyridine rings is 1. The molecular formula is C13H12N2O. The first kappa shape index (κ1) is 9.36. The van der Waals surface area contributed by atoms with E-state index in [9.17, 15) is 0 Å². The van der Waals surface area contributed by atoms with Gasteiger partial charge >= 0.3 is 0 Å². The quantitative estimate of drug-likeness (QED) is 0.789. The topological polar surface area (TPSA) is 48.1 Å². The van der Waals surface area contributed by atoms with Gasteiger partial charge in [-0.1, -0.05) is 12.1 Å². The molecule has 0 radical (unpaired) electrons. The first-order valence-corrected chi connectivity index (χ1v) is 5.24. The highest BCUT2D eigenvalue weighted by Crippen LogP contribution is 2.26. The SMILES string of the molecule is Nc1ccnc(-c2ccc3c(c2)COC3)c1. The summed E-state index contributed by atoms with van der Waals surface area (Å²) in [7, 11) is 0. The fourth-order valence-corrected chi connectivity index (χ4v) is 1.94. The Balaban J connectivity index is 2.07. The van der Waals surface area contributed by atoms with Crippen LogP contribution in [-0.2, 0) is 18.0 Å². The number of hydrogen-bond acceptors (Lipinski definition) is 3. The molecule has 0 saturated carbocycles. The number of nitrogens with zero attached hydrogens (tertiary/aromatic N) is 1. The lowest BCUT2D eigenvalue weighted by atomic mass is 10.0. The van der Waals surface area contributed by atoms with E-state index in [2.05, 4.69) is 23.2 Å². The number of nitrogens with two attached hydrogens (primary N) is 1. The van der Waals surface area contributed by atoms with E-state index in [4.69, 9.17) is 10.5 Å². The number of benzene rings is 1. The molecule has 0 fully saturated rings. The van der Waals surface area contributed by atoms with Crippen molar-refractivity contribution in [1.29, 1.82) is 0 Å². The van der Waals surface area contributed by atoms with Gasteiger partial charge in [0.1, 0.15) is 0 Å². The van der Waals surface area contributed by atoms with Crippen LogP contribution in [0.1, 0.15) is 11.1 Å². The highest BCUT2D eigenvalue weighted by molar-refractivity contribution is 5.64. The van der Waals surface area contributed by atoms with Crippen molar-refractivity contribution in [3.63, 3.8) is 0 Å². The van der Waals surface area contributed by atoms with E-state index in [0.717, 1.165) is 23.6 Å². The lowest BCUT2D eigenvalue weighted by Crippen LogP contribution is -1.90. The second-order valence-corrected chi connectivity index (χ2v) is 3.95. The molecule has 0 aliphatic carbocycles. The maximum atomic E-state index is 5.74. The number of hydrogen-bond donors (Lipinski definition) is 1. The summed E-state index contributed by atoms with van der Waals surface area (Å²) >= 11 is 0. The molecule has 0 amide bonds. The van der Waals surface area contributed by atoms with Crippen LogP contribution in [0.2, 0.25) is 0 Å². The van der Waals surface area contributed by atoms with Crippen LogP contribution in [-0.4, -0.2) is 4.98 Å². The number of rotatable bonds is 1. The molecule has 0 bridgehead atoms. The molecule has 3 rings (SSSR count). The molecule has 0 saturated heterocycles. The van der Waals surface area contributed by atoms with Gasteiger partial charge in [0, 0.05) is 17.4 Å². The third kappa shape index (κ3) is 1.55. The Bertz CT molecular complexity index is 537. The summed E-state index contributed by atoms with van der Waals surface area (Å²) < 4.78 is 5.38. The van der Waals surface area contributed by atoms with Gasteiger partial charge in [0.2, 0.25) is 0 Å². The third-order valence-electron chi connectivity index (χ3n) is 2.80. The van der Waals surface area contributed by atoms with Crippen molar-refractivity contribution in [2.24, 2.45) is 0 Å². The van der Waals surface area contributed by atoms with Crippen molar-refractivity contribution in [2.75, 3.05) is 5.73 Å². The smallest absolute Gasteiger partial charge is 0.0725 e. The molecule has 2 N–H and O–H groups in total. The van der Waals surface area contributed by atoms with E-state index in [-0.39, 0.29) is 0 Å². The summed E-state index contributed by atoms with van der Waals surface area (Å²) in [4.78, 5) is 4.31. The molecule has 2 aromatic rings. The second-order valence-electron chi connectivity index (χ2n) is 3.95. The van der Waals surface area contributed by atoms with Gasteiger partial charge in [0.05, 0.1) is 18.9 Å². The second kappa shape index (κ2) is 3.61. The Kier molecular flexibility index (Phi) is 2.11. The minimum atomic E-state index is 0.700. The minimum absolute atomic E-state index is 0.700. The maximum Gasteiger partial charge on any atom is 0.0725 e. The van der Waals surface area contributed by atoms with E-state index >= 15 is 0 Å². The summed E-state index contributed by atoms with van der Waals surface area (Å²) in [6.07, 6.45) is 1.73. The van der Waals surface area contributed by atoms with Gasteiger partial charge in [-0.2, -0.15) is 0 Å². The molecule has 1 aliphatic rings. The van der Waals surface area contributed by atoms with Crippen molar-refractivity contribution in [3.8, 4) is 11.3 Å². The Morgan fingerprint density at radius 2 is 1.94 bits per heavy atom. The lowest BCUT2D eigenvalue weighted by molar-refractivity contribution is 0.134. The van der Waals surface area contributed by atoms with Crippen LogP contribution in [0.25, 0.3) is 11.3 Å². The predicted molar refractivity (Wildman–Crippen MR) is 62.6 cm³/mol. The van der Waals surface area contributed by atoms with Gasteiger partial charge < -0.3 is 10.5 Å². The van der Waals surface area contributed by atoms with Crippen LogP contribution < -0.4 is 5.73 Å². The molecule has 0 spiro atoms. The molecule has 1 aromatic heterocycles. The summed E-state index contributed by atoms with van der Waals surface area (Å²) in [6.45, 7) is 1.42. The number of fused-ring (bicyclic) bond motifs is 1. The molecule has 1 aromatic carbocycles. The standard InChI is InChI=1S/C13H12N2O/c14-12-3-4-15-13(6-12)9-1-2-10-7-16-8-11(10)5-9/h1-6H,7-8H2,(H2,14,15). The molecular weight excluding hydrogens is 200 g/mol. The zero-order chi connectivity index (χ0) is 11.0. The van der Waals surface area contributed by atoms with Crippen LogP contribution in [0.4, 0.5) is 5.69 Å². The molecule has 16 heavy (non-hydrogen) atoms. The Morgan fingerprint density at radius 3 is 2.81 bits per heavy atom. The van der Waals surface area contributed by atoms with E-state index in [1.165, 1.54) is 11.1 Å². The normalized spacial score (nSPS) is 13.8. The average molecular weight is 212 g/mol. The summed E-state index contributed by atoms with van der Waals surface area (Å²) in [5, 5.41) is 0. The Labute approximate surface area is 93.9 Å². The van der Waals surface area contributed by atoms with E-state index < -0.39 is 0 Å². The molecule has 0 unspecified atom stereocenters. The van der Waals surface area contributed by atoms with Gasteiger partial charge in [0.15, 0.2) is 0 Å². The predicted octanol–water partition coefficient (Wildman–Crippen LogP) is 2.36. The summed E-state index contributed by atoms with van der Waals surface area (Å²) in [5.41, 5.74) is 11.0.